The molecule has 0 unspecified atom stereocenters. The van der Waals surface area contributed by atoms with Crippen LogP contribution in [0.1, 0.15) is 57.6 Å². The van der Waals surface area contributed by atoms with Gasteiger partial charge < -0.3 is 19.3 Å². The minimum absolute atomic E-state index is 0.0334. The van der Waals surface area contributed by atoms with E-state index in [2.05, 4.69) is 41.2 Å². The molecule has 1 atom stereocenters. The van der Waals surface area contributed by atoms with Gasteiger partial charge in [-0.25, -0.2) is 14.8 Å². The third-order valence-electron chi connectivity index (χ3n) is 6.11. The van der Waals surface area contributed by atoms with Crippen LogP contribution in [0.25, 0.3) is 22.5 Å². The SMILES string of the molecule is CCCCCCc1ccc(-c2cnc(-c3ccc([C@@]4(OC(=O)O)COC(C)(C)O4)cc3)nc2)cc1. The zero-order valence-electron chi connectivity index (χ0n) is 20.5. The Kier molecular flexibility index (Phi) is 7.48. The lowest BCUT2D eigenvalue weighted by atomic mass is 10.0. The highest BCUT2D eigenvalue weighted by molar-refractivity contribution is 5.64. The molecular weight excluding hydrogens is 444 g/mol. The van der Waals surface area contributed by atoms with Crippen molar-refractivity contribution in [1.82, 2.24) is 9.97 Å². The van der Waals surface area contributed by atoms with Crippen LogP contribution in [0.2, 0.25) is 0 Å². The number of benzene rings is 2. The van der Waals surface area contributed by atoms with E-state index in [4.69, 9.17) is 14.2 Å². The highest BCUT2D eigenvalue weighted by atomic mass is 16.9. The van der Waals surface area contributed by atoms with Crippen LogP contribution in [0.3, 0.4) is 0 Å². The summed E-state index contributed by atoms with van der Waals surface area (Å²) in [7, 11) is 0. The number of carboxylic acid groups (broad SMARTS) is 1. The first-order valence-electron chi connectivity index (χ1n) is 12.1. The fourth-order valence-corrected chi connectivity index (χ4v) is 4.24. The van der Waals surface area contributed by atoms with E-state index in [1.165, 1.54) is 31.2 Å². The van der Waals surface area contributed by atoms with Crippen molar-refractivity contribution in [1.29, 1.82) is 0 Å². The van der Waals surface area contributed by atoms with Crippen molar-refractivity contribution in [2.75, 3.05) is 6.61 Å². The van der Waals surface area contributed by atoms with E-state index in [9.17, 15) is 9.90 Å². The fraction of sp³-hybridized carbons (Fsp3) is 0.393. The Balaban J connectivity index is 1.45. The van der Waals surface area contributed by atoms with Crippen LogP contribution in [-0.4, -0.2) is 33.6 Å². The summed E-state index contributed by atoms with van der Waals surface area (Å²) in [5, 5.41) is 9.22. The van der Waals surface area contributed by atoms with E-state index in [-0.39, 0.29) is 6.61 Å². The minimum Gasteiger partial charge on any atom is -0.450 e. The molecule has 3 aromatic rings. The molecule has 0 spiro atoms. The van der Waals surface area contributed by atoms with Crippen LogP contribution in [0.15, 0.2) is 60.9 Å². The summed E-state index contributed by atoms with van der Waals surface area (Å²) in [6, 6.07) is 15.7. The van der Waals surface area contributed by atoms with Gasteiger partial charge >= 0.3 is 6.16 Å². The van der Waals surface area contributed by atoms with Gasteiger partial charge in [-0.15, -0.1) is 0 Å². The first-order valence-corrected chi connectivity index (χ1v) is 12.1. The predicted molar refractivity (Wildman–Crippen MR) is 133 cm³/mol. The van der Waals surface area contributed by atoms with Crippen molar-refractivity contribution in [2.45, 2.75) is 64.4 Å². The quantitative estimate of drug-likeness (QED) is 0.276. The van der Waals surface area contributed by atoms with Crippen LogP contribution in [0.5, 0.6) is 0 Å². The predicted octanol–water partition coefficient (Wildman–Crippen LogP) is 6.56. The molecule has 7 nitrogen and oxygen atoms in total. The van der Waals surface area contributed by atoms with Crippen molar-refractivity contribution in [3.8, 4) is 22.5 Å². The smallest absolute Gasteiger partial charge is 0.450 e. The summed E-state index contributed by atoms with van der Waals surface area (Å²) in [5.74, 6) is -1.90. The molecule has 2 heterocycles. The molecule has 0 saturated carbocycles. The Morgan fingerprint density at radius 1 is 0.943 bits per heavy atom. The van der Waals surface area contributed by atoms with Gasteiger partial charge in [0.1, 0.15) is 6.61 Å². The zero-order valence-corrected chi connectivity index (χ0v) is 20.5. The maximum absolute atomic E-state index is 11.3. The number of unbranched alkanes of at least 4 members (excludes halogenated alkanes) is 3. The van der Waals surface area contributed by atoms with Gasteiger partial charge in [0.2, 0.25) is 0 Å². The van der Waals surface area contributed by atoms with E-state index < -0.39 is 17.7 Å². The molecule has 35 heavy (non-hydrogen) atoms. The van der Waals surface area contributed by atoms with Crippen molar-refractivity contribution >= 4 is 6.16 Å². The van der Waals surface area contributed by atoms with Crippen molar-refractivity contribution in [3.63, 3.8) is 0 Å². The molecule has 2 aromatic carbocycles. The van der Waals surface area contributed by atoms with Crippen molar-refractivity contribution in [2.24, 2.45) is 0 Å². The summed E-state index contributed by atoms with van der Waals surface area (Å²) in [6.07, 6.45) is 8.36. The van der Waals surface area contributed by atoms with Gasteiger partial charge in [0, 0.05) is 29.1 Å². The van der Waals surface area contributed by atoms with Gasteiger partial charge in [-0.05, 0) is 37.8 Å². The Morgan fingerprint density at radius 3 is 2.17 bits per heavy atom. The number of rotatable bonds is 9. The molecule has 1 fully saturated rings. The van der Waals surface area contributed by atoms with Gasteiger partial charge in [0.25, 0.3) is 5.79 Å². The fourth-order valence-electron chi connectivity index (χ4n) is 4.24. The first-order chi connectivity index (χ1) is 16.8. The first kappa shape index (κ1) is 24.8. The molecule has 0 bridgehead atoms. The lowest BCUT2D eigenvalue weighted by molar-refractivity contribution is -0.240. The van der Waals surface area contributed by atoms with Crippen LogP contribution in [0, 0.1) is 0 Å². The molecule has 1 aliphatic rings. The number of aromatic nitrogens is 2. The molecule has 1 saturated heterocycles. The van der Waals surface area contributed by atoms with E-state index in [1.807, 2.05) is 24.5 Å². The van der Waals surface area contributed by atoms with E-state index in [0.717, 1.165) is 23.1 Å². The molecule has 1 aromatic heterocycles. The molecule has 1 N–H and O–H groups in total. The molecule has 0 radical (unpaired) electrons. The molecule has 7 heteroatoms. The summed E-state index contributed by atoms with van der Waals surface area (Å²) in [6.45, 7) is 5.62. The average Bonchev–Trinajstić information content (AvgIpc) is 3.17. The van der Waals surface area contributed by atoms with E-state index in [0.29, 0.717) is 11.4 Å². The zero-order chi connectivity index (χ0) is 24.9. The monoisotopic (exact) mass is 476 g/mol. The maximum atomic E-state index is 11.3. The Bertz CT molecular complexity index is 1130. The van der Waals surface area contributed by atoms with Gasteiger partial charge in [-0.3, -0.25) is 0 Å². The second kappa shape index (κ2) is 10.5. The highest BCUT2D eigenvalue weighted by Gasteiger charge is 2.50. The number of hydrogen-bond donors (Lipinski definition) is 1. The third kappa shape index (κ3) is 6.05. The summed E-state index contributed by atoms with van der Waals surface area (Å²) >= 11 is 0. The minimum atomic E-state index is -1.51. The molecular formula is C28H32N2O5. The van der Waals surface area contributed by atoms with E-state index in [1.54, 1.807) is 26.0 Å². The number of carbonyl (C=O) groups is 1. The lowest BCUT2D eigenvalue weighted by Gasteiger charge is -2.27. The average molecular weight is 477 g/mol. The summed E-state index contributed by atoms with van der Waals surface area (Å²) in [5.41, 5.74) is 4.73. The Labute approximate surface area is 206 Å². The third-order valence-corrected chi connectivity index (χ3v) is 6.11. The van der Waals surface area contributed by atoms with Gasteiger partial charge in [0.15, 0.2) is 11.6 Å². The van der Waals surface area contributed by atoms with Crippen LogP contribution < -0.4 is 0 Å². The molecule has 4 rings (SSSR count). The number of ether oxygens (including phenoxy) is 3. The Morgan fingerprint density at radius 2 is 1.60 bits per heavy atom. The van der Waals surface area contributed by atoms with Crippen molar-refractivity contribution in [3.05, 3.63) is 72.1 Å². The van der Waals surface area contributed by atoms with E-state index >= 15 is 0 Å². The number of nitrogens with zero attached hydrogens (tertiary/aromatic N) is 2. The molecule has 0 amide bonds. The van der Waals surface area contributed by atoms with Gasteiger partial charge in [-0.1, -0.05) is 74.7 Å². The Hall–Kier alpha value is -3.29. The van der Waals surface area contributed by atoms with Crippen LogP contribution in [-0.2, 0) is 26.4 Å². The largest absolute Gasteiger partial charge is 0.508 e. The molecule has 184 valence electrons. The van der Waals surface area contributed by atoms with Gasteiger partial charge in [0.05, 0.1) is 0 Å². The van der Waals surface area contributed by atoms with Crippen molar-refractivity contribution < 1.29 is 24.1 Å². The second-order valence-electron chi connectivity index (χ2n) is 9.29. The number of aryl methyl sites for hydroxylation is 1. The standard InChI is InChI=1S/C28H32N2O5/c1-4-5-6-7-8-20-9-11-21(12-10-20)23-17-29-25(30-18-23)22-13-15-24(16-14-22)28(34-26(31)32)19-33-27(2,3)35-28/h9-18H,4-8,19H2,1-3H3,(H,31,32)/t28-/m1/s1. The lowest BCUT2D eigenvalue weighted by Crippen LogP contribution is -2.36. The summed E-state index contributed by atoms with van der Waals surface area (Å²) in [4.78, 5) is 20.4. The molecule has 0 aliphatic carbocycles. The van der Waals surface area contributed by atoms with Gasteiger partial charge in [-0.2, -0.15) is 0 Å². The topological polar surface area (TPSA) is 90.8 Å². The second-order valence-corrected chi connectivity index (χ2v) is 9.29. The molecule has 1 aliphatic heterocycles. The summed E-state index contributed by atoms with van der Waals surface area (Å²) < 4.78 is 16.5. The van der Waals surface area contributed by atoms with Crippen LogP contribution >= 0.6 is 0 Å². The number of hydrogen-bond acceptors (Lipinski definition) is 6. The highest BCUT2D eigenvalue weighted by Crippen LogP contribution is 2.40. The normalized spacial score (nSPS) is 18.9. The van der Waals surface area contributed by atoms with Crippen LogP contribution in [0.4, 0.5) is 4.79 Å². The maximum Gasteiger partial charge on any atom is 0.508 e.